The predicted octanol–water partition coefficient (Wildman–Crippen LogP) is 3.00. The molecule has 0 aromatic heterocycles. The van der Waals surface area contributed by atoms with Crippen LogP contribution in [0.3, 0.4) is 0 Å². The minimum atomic E-state index is -0.218. The molecule has 3 heteroatoms. The maximum absolute atomic E-state index is 13.0. The van der Waals surface area contributed by atoms with Crippen molar-refractivity contribution in [3.05, 3.63) is 29.6 Å². The van der Waals surface area contributed by atoms with E-state index < -0.39 is 0 Å². The monoisotopic (exact) mass is 214 g/mol. The van der Waals surface area contributed by atoms with Gasteiger partial charge in [-0.1, -0.05) is 0 Å². The summed E-state index contributed by atoms with van der Waals surface area (Å²) >= 11 is 1.55. The van der Waals surface area contributed by atoms with Gasteiger partial charge in [-0.2, -0.15) is 0 Å². The Morgan fingerprint density at radius 1 is 1.43 bits per heavy atom. The molecule has 78 valence electrons. The Hall–Kier alpha value is -0.540. The van der Waals surface area contributed by atoms with E-state index in [1.54, 1.807) is 30.8 Å². The topological polar surface area (TPSA) is 20.2 Å². The van der Waals surface area contributed by atoms with Crippen LogP contribution in [0.2, 0.25) is 0 Å². The Bertz CT molecular complexity index is 323. The lowest BCUT2D eigenvalue weighted by molar-refractivity contribution is 0.265. The summed E-state index contributed by atoms with van der Waals surface area (Å²) in [6, 6.07) is 5.01. The highest BCUT2D eigenvalue weighted by Gasteiger charge is 2.18. The standard InChI is InChI=1S/C11H15FOS/c1-8-6-9(4-5-10(8)12)14-11(2,3)7-13/h4-6,13H,7H2,1-3H3. The molecule has 0 aliphatic carbocycles. The predicted molar refractivity (Wildman–Crippen MR) is 58.2 cm³/mol. The minimum Gasteiger partial charge on any atom is -0.395 e. The number of aryl methyl sites for hydroxylation is 1. The second-order valence-corrected chi connectivity index (χ2v) is 5.71. The summed E-state index contributed by atoms with van der Waals surface area (Å²) < 4.78 is 12.7. The van der Waals surface area contributed by atoms with Crippen LogP contribution >= 0.6 is 11.8 Å². The normalized spacial score (nSPS) is 11.8. The van der Waals surface area contributed by atoms with Crippen molar-refractivity contribution in [2.45, 2.75) is 30.4 Å². The molecule has 1 nitrogen and oxygen atoms in total. The van der Waals surface area contributed by atoms with Crippen LogP contribution in [0, 0.1) is 12.7 Å². The van der Waals surface area contributed by atoms with Gasteiger partial charge in [0.15, 0.2) is 0 Å². The van der Waals surface area contributed by atoms with Gasteiger partial charge in [0.25, 0.3) is 0 Å². The molecule has 0 heterocycles. The largest absolute Gasteiger partial charge is 0.395 e. The lowest BCUT2D eigenvalue weighted by Gasteiger charge is -2.20. The number of rotatable bonds is 3. The number of aliphatic hydroxyl groups is 1. The maximum atomic E-state index is 13.0. The first-order valence-electron chi connectivity index (χ1n) is 4.51. The van der Waals surface area contributed by atoms with Crippen LogP contribution in [0.25, 0.3) is 0 Å². The number of halogens is 1. The molecular weight excluding hydrogens is 199 g/mol. The maximum Gasteiger partial charge on any atom is 0.126 e. The van der Waals surface area contributed by atoms with Crippen LogP contribution in [0.4, 0.5) is 4.39 Å². The fraction of sp³-hybridized carbons (Fsp3) is 0.455. The van der Waals surface area contributed by atoms with Crippen molar-refractivity contribution < 1.29 is 9.50 Å². The fourth-order valence-electron chi connectivity index (χ4n) is 1.03. The molecule has 0 amide bonds. The molecule has 0 saturated heterocycles. The van der Waals surface area contributed by atoms with Crippen LogP contribution in [0.15, 0.2) is 23.1 Å². The molecule has 0 bridgehead atoms. The highest BCUT2D eigenvalue weighted by molar-refractivity contribution is 8.00. The Kier molecular flexibility index (Phi) is 3.56. The summed E-state index contributed by atoms with van der Waals surface area (Å²) in [5.74, 6) is -0.184. The van der Waals surface area contributed by atoms with Crippen molar-refractivity contribution >= 4 is 11.8 Å². The van der Waals surface area contributed by atoms with Crippen LogP contribution < -0.4 is 0 Å². The van der Waals surface area contributed by atoms with Crippen LogP contribution in [0.1, 0.15) is 19.4 Å². The van der Waals surface area contributed by atoms with Crippen molar-refractivity contribution in [3.8, 4) is 0 Å². The average molecular weight is 214 g/mol. The van der Waals surface area contributed by atoms with E-state index in [0.717, 1.165) is 4.90 Å². The zero-order valence-electron chi connectivity index (χ0n) is 8.67. The summed E-state index contributed by atoms with van der Waals surface area (Å²) in [5.41, 5.74) is 0.642. The van der Waals surface area contributed by atoms with Gasteiger partial charge in [-0.15, -0.1) is 11.8 Å². The SMILES string of the molecule is Cc1cc(SC(C)(C)CO)ccc1F. The molecule has 1 aromatic carbocycles. The van der Waals surface area contributed by atoms with E-state index in [1.807, 2.05) is 13.8 Å². The lowest BCUT2D eigenvalue weighted by atomic mass is 10.2. The molecule has 0 aliphatic rings. The molecule has 0 saturated carbocycles. The van der Waals surface area contributed by atoms with Crippen molar-refractivity contribution in [1.82, 2.24) is 0 Å². The fourth-order valence-corrected chi connectivity index (χ4v) is 2.11. The van der Waals surface area contributed by atoms with Gasteiger partial charge in [-0.25, -0.2) is 4.39 Å². The molecule has 0 fully saturated rings. The molecule has 0 aliphatic heterocycles. The Balaban J connectivity index is 2.83. The van der Waals surface area contributed by atoms with Gasteiger partial charge >= 0.3 is 0 Å². The molecule has 0 unspecified atom stereocenters. The van der Waals surface area contributed by atoms with Gasteiger partial charge in [0, 0.05) is 9.64 Å². The second-order valence-electron chi connectivity index (χ2n) is 3.93. The van der Waals surface area contributed by atoms with Gasteiger partial charge < -0.3 is 5.11 Å². The Labute approximate surface area is 88.3 Å². The smallest absolute Gasteiger partial charge is 0.126 e. The number of hydrogen-bond acceptors (Lipinski definition) is 2. The van der Waals surface area contributed by atoms with Crippen molar-refractivity contribution in [1.29, 1.82) is 0 Å². The number of hydrogen-bond donors (Lipinski definition) is 1. The van der Waals surface area contributed by atoms with Crippen molar-refractivity contribution in [2.24, 2.45) is 0 Å². The van der Waals surface area contributed by atoms with Gasteiger partial charge in [0.2, 0.25) is 0 Å². The minimum absolute atomic E-state index is 0.105. The van der Waals surface area contributed by atoms with E-state index in [2.05, 4.69) is 0 Å². The summed E-state index contributed by atoms with van der Waals surface area (Å²) in [4.78, 5) is 0.989. The molecule has 1 N–H and O–H groups in total. The summed E-state index contributed by atoms with van der Waals surface area (Å²) in [6.45, 7) is 5.76. The Morgan fingerprint density at radius 3 is 2.57 bits per heavy atom. The molecule has 0 radical (unpaired) electrons. The number of aliphatic hydroxyl groups excluding tert-OH is 1. The zero-order valence-corrected chi connectivity index (χ0v) is 9.49. The van der Waals surface area contributed by atoms with Crippen LogP contribution in [-0.2, 0) is 0 Å². The third kappa shape index (κ3) is 3.00. The van der Waals surface area contributed by atoms with Gasteiger partial charge in [-0.05, 0) is 44.5 Å². The summed E-state index contributed by atoms with van der Waals surface area (Å²) in [5, 5.41) is 9.08. The van der Waals surface area contributed by atoms with E-state index in [9.17, 15) is 4.39 Å². The first-order valence-corrected chi connectivity index (χ1v) is 5.32. The van der Waals surface area contributed by atoms with Gasteiger partial charge in [0.1, 0.15) is 5.82 Å². The Morgan fingerprint density at radius 2 is 2.07 bits per heavy atom. The van der Waals surface area contributed by atoms with Crippen molar-refractivity contribution in [2.75, 3.05) is 6.61 Å². The van der Waals surface area contributed by atoms with E-state index >= 15 is 0 Å². The molecule has 0 spiro atoms. The highest BCUT2D eigenvalue weighted by atomic mass is 32.2. The van der Waals surface area contributed by atoms with Crippen molar-refractivity contribution in [3.63, 3.8) is 0 Å². The molecule has 14 heavy (non-hydrogen) atoms. The second kappa shape index (κ2) is 4.32. The number of benzene rings is 1. The zero-order chi connectivity index (χ0) is 10.8. The summed E-state index contributed by atoms with van der Waals surface area (Å²) in [7, 11) is 0. The van der Waals surface area contributed by atoms with E-state index in [-0.39, 0.29) is 17.2 Å². The quantitative estimate of drug-likeness (QED) is 0.780. The third-order valence-electron chi connectivity index (χ3n) is 1.90. The van der Waals surface area contributed by atoms with Crippen LogP contribution in [-0.4, -0.2) is 16.5 Å². The molecular formula is C11H15FOS. The van der Waals surface area contributed by atoms with Gasteiger partial charge in [-0.3, -0.25) is 0 Å². The highest BCUT2D eigenvalue weighted by Crippen LogP contribution is 2.32. The first-order chi connectivity index (χ1) is 6.44. The lowest BCUT2D eigenvalue weighted by Crippen LogP contribution is -2.19. The van der Waals surface area contributed by atoms with E-state index in [1.165, 1.54) is 6.07 Å². The molecule has 1 aromatic rings. The third-order valence-corrected chi connectivity index (χ3v) is 3.08. The van der Waals surface area contributed by atoms with E-state index in [0.29, 0.717) is 5.56 Å². The number of thioether (sulfide) groups is 1. The summed E-state index contributed by atoms with van der Waals surface area (Å²) in [6.07, 6.45) is 0. The van der Waals surface area contributed by atoms with Crippen LogP contribution in [0.5, 0.6) is 0 Å². The first kappa shape index (κ1) is 11.5. The van der Waals surface area contributed by atoms with E-state index in [4.69, 9.17) is 5.11 Å². The molecule has 1 rings (SSSR count). The average Bonchev–Trinajstić information content (AvgIpc) is 2.11. The molecule has 0 atom stereocenters. The van der Waals surface area contributed by atoms with Gasteiger partial charge in [0.05, 0.1) is 6.61 Å².